The van der Waals surface area contributed by atoms with Crippen molar-refractivity contribution in [3.05, 3.63) is 75.6 Å². The second-order valence-electron chi connectivity index (χ2n) is 6.91. The number of ether oxygens (including phenoxy) is 2. The minimum absolute atomic E-state index is 0.241. The molecule has 0 spiro atoms. The van der Waals surface area contributed by atoms with E-state index in [0.29, 0.717) is 18.4 Å². The quantitative estimate of drug-likeness (QED) is 0.603. The first-order chi connectivity index (χ1) is 14.4. The second-order valence-corrected chi connectivity index (χ2v) is 6.91. The second kappa shape index (κ2) is 9.26. The zero-order chi connectivity index (χ0) is 21.7. The predicted molar refractivity (Wildman–Crippen MR) is 112 cm³/mol. The summed E-state index contributed by atoms with van der Waals surface area (Å²) in [5.41, 5.74) is 1.89. The van der Waals surface area contributed by atoms with Crippen LogP contribution in [0, 0.1) is 6.92 Å². The van der Waals surface area contributed by atoms with E-state index in [2.05, 4.69) is 5.32 Å². The Balaban J connectivity index is 1.56. The summed E-state index contributed by atoms with van der Waals surface area (Å²) in [5, 5.41) is 3.11. The molecule has 0 aliphatic rings. The highest BCUT2D eigenvalue weighted by molar-refractivity contribution is 5.91. The topological polar surface area (TPSA) is 94.8 Å². The summed E-state index contributed by atoms with van der Waals surface area (Å²) in [7, 11) is 1.60. The molecule has 0 bridgehead atoms. The van der Waals surface area contributed by atoms with Crippen molar-refractivity contribution in [2.75, 3.05) is 13.7 Å². The van der Waals surface area contributed by atoms with Crippen LogP contribution in [0.15, 0.2) is 57.7 Å². The van der Waals surface area contributed by atoms with Crippen molar-refractivity contribution < 1.29 is 23.5 Å². The van der Waals surface area contributed by atoms with E-state index in [9.17, 15) is 14.4 Å². The first-order valence-electron chi connectivity index (χ1n) is 9.53. The summed E-state index contributed by atoms with van der Waals surface area (Å²) in [4.78, 5) is 36.8. The molecule has 3 aromatic rings. The summed E-state index contributed by atoms with van der Waals surface area (Å²) in [5.74, 6) is -0.781. The lowest BCUT2D eigenvalue weighted by atomic mass is 10.1. The number of aryl methyl sites for hydroxylation is 1. The Hall–Kier alpha value is -3.61. The zero-order valence-corrected chi connectivity index (χ0v) is 17.1. The maximum atomic E-state index is 12.3. The molecule has 7 nitrogen and oxygen atoms in total. The number of benzene rings is 2. The fourth-order valence-corrected chi connectivity index (χ4v) is 2.91. The van der Waals surface area contributed by atoms with E-state index >= 15 is 0 Å². The van der Waals surface area contributed by atoms with Crippen molar-refractivity contribution in [2.24, 2.45) is 0 Å². The van der Waals surface area contributed by atoms with E-state index in [1.54, 1.807) is 25.3 Å². The van der Waals surface area contributed by atoms with Gasteiger partial charge in [0, 0.05) is 12.6 Å². The van der Waals surface area contributed by atoms with E-state index in [0.717, 1.165) is 22.9 Å². The maximum absolute atomic E-state index is 12.3. The van der Waals surface area contributed by atoms with Crippen LogP contribution in [0.1, 0.15) is 28.6 Å². The SMILES string of the molecule is COc1ccc(CCNC(=O)[C@@H](C)OC(=O)c2cc(=O)c3cc(C)ccc3o2)cc1. The molecule has 1 amide bonds. The molecule has 1 heterocycles. The molecule has 0 radical (unpaired) electrons. The third-order valence-corrected chi connectivity index (χ3v) is 4.61. The minimum Gasteiger partial charge on any atom is -0.497 e. The van der Waals surface area contributed by atoms with Gasteiger partial charge in [-0.3, -0.25) is 9.59 Å². The van der Waals surface area contributed by atoms with Gasteiger partial charge in [0.25, 0.3) is 5.91 Å². The lowest BCUT2D eigenvalue weighted by molar-refractivity contribution is -0.129. The molecule has 3 rings (SSSR count). The molecule has 30 heavy (non-hydrogen) atoms. The van der Waals surface area contributed by atoms with Crippen molar-refractivity contribution in [1.82, 2.24) is 5.32 Å². The van der Waals surface area contributed by atoms with Gasteiger partial charge in [-0.1, -0.05) is 23.8 Å². The first kappa shape index (κ1) is 21.1. The molecule has 1 atom stereocenters. The van der Waals surface area contributed by atoms with E-state index in [4.69, 9.17) is 13.9 Å². The fraction of sp³-hybridized carbons (Fsp3) is 0.261. The standard InChI is InChI=1S/C23H23NO6/c1-14-4-9-20-18(12-14)19(25)13-21(30-20)23(27)29-15(2)22(26)24-11-10-16-5-7-17(28-3)8-6-16/h4-9,12-13,15H,10-11H2,1-3H3,(H,24,26)/t15-/m1/s1. The van der Waals surface area contributed by atoms with Gasteiger partial charge in [-0.2, -0.15) is 0 Å². The average molecular weight is 409 g/mol. The number of esters is 1. The van der Waals surface area contributed by atoms with Crippen LogP contribution < -0.4 is 15.5 Å². The summed E-state index contributed by atoms with van der Waals surface area (Å²) < 4.78 is 15.7. The first-order valence-corrected chi connectivity index (χ1v) is 9.53. The van der Waals surface area contributed by atoms with E-state index in [-0.39, 0.29) is 16.8 Å². The highest BCUT2D eigenvalue weighted by Gasteiger charge is 2.21. The summed E-state index contributed by atoms with van der Waals surface area (Å²) >= 11 is 0. The zero-order valence-electron chi connectivity index (χ0n) is 17.1. The number of rotatable bonds is 7. The largest absolute Gasteiger partial charge is 0.497 e. The Morgan fingerprint density at radius 1 is 1.10 bits per heavy atom. The van der Waals surface area contributed by atoms with Crippen LogP contribution in [0.2, 0.25) is 0 Å². The smallest absolute Gasteiger partial charge is 0.375 e. The van der Waals surface area contributed by atoms with Crippen molar-refractivity contribution in [2.45, 2.75) is 26.4 Å². The Morgan fingerprint density at radius 3 is 2.53 bits per heavy atom. The number of nitrogens with one attached hydrogen (secondary N) is 1. The number of carbonyl (C=O) groups is 2. The normalized spacial score (nSPS) is 11.7. The number of carbonyl (C=O) groups excluding carboxylic acids is 2. The van der Waals surface area contributed by atoms with Crippen molar-refractivity contribution in [3.63, 3.8) is 0 Å². The van der Waals surface area contributed by atoms with Gasteiger partial charge < -0.3 is 19.2 Å². The number of fused-ring (bicyclic) bond motifs is 1. The van der Waals surface area contributed by atoms with E-state index < -0.39 is 18.0 Å². The number of amides is 1. The van der Waals surface area contributed by atoms with Gasteiger partial charge in [0.2, 0.25) is 5.76 Å². The highest BCUT2D eigenvalue weighted by atomic mass is 16.6. The van der Waals surface area contributed by atoms with Gasteiger partial charge in [-0.15, -0.1) is 0 Å². The van der Waals surface area contributed by atoms with Gasteiger partial charge in [-0.05, 0) is 50.1 Å². The van der Waals surface area contributed by atoms with Gasteiger partial charge in [0.1, 0.15) is 11.3 Å². The van der Waals surface area contributed by atoms with Crippen LogP contribution in [0.4, 0.5) is 0 Å². The molecular weight excluding hydrogens is 386 g/mol. The van der Waals surface area contributed by atoms with Crippen LogP contribution in [0.5, 0.6) is 5.75 Å². The highest BCUT2D eigenvalue weighted by Crippen LogP contribution is 2.15. The van der Waals surface area contributed by atoms with Gasteiger partial charge >= 0.3 is 5.97 Å². The van der Waals surface area contributed by atoms with Crippen molar-refractivity contribution in [3.8, 4) is 5.75 Å². The third kappa shape index (κ3) is 5.05. The Labute approximate surface area is 173 Å². The Bertz CT molecular complexity index is 1120. The average Bonchev–Trinajstić information content (AvgIpc) is 2.74. The van der Waals surface area contributed by atoms with Gasteiger partial charge in [0.05, 0.1) is 12.5 Å². The molecular formula is C23H23NO6. The number of methoxy groups -OCH3 is 1. The fourth-order valence-electron chi connectivity index (χ4n) is 2.91. The van der Waals surface area contributed by atoms with Gasteiger partial charge in [-0.25, -0.2) is 4.79 Å². The lowest BCUT2D eigenvalue weighted by Crippen LogP contribution is -2.37. The Morgan fingerprint density at radius 2 is 1.83 bits per heavy atom. The number of hydrogen-bond acceptors (Lipinski definition) is 6. The van der Waals surface area contributed by atoms with Gasteiger partial charge in [0.15, 0.2) is 11.5 Å². The molecule has 0 unspecified atom stereocenters. The molecule has 156 valence electrons. The molecule has 2 aromatic carbocycles. The Kier molecular flexibility index (Phi) is 6.51. The number of hydrogen-bond donors (Lipinski definition) is 1. The van der Waals surface area contributed by atoms with Crippen LogP contribution in [0.25, 0.3) is 11.0 Å². The van der Waals surface area contributed by atoms with Crippen LogP contribution in [0.3, 0.4) is 0 Å². The maximum Gasteiger partial charge on any atom is 0.375 e. The lowest BCUT2D eigenvalue weighted by Gasteiger charge is -2.13. The molecule has 0 aliphatic carbocycles. The molecule has 7 heteroatoms. The third-order valence-electron chi connectivity index (χ3n) is 4.61. The molecule has 0 saturated heterocycles. The van der Waals surface area contributed by atoms with Crippen molar-refractivity contribution >= 4 is 22.8 Å². The van der Waals surface area contributed by atoms with E-state index in [1.165, 1.54) is 6.92 Å². The van der Waals surface area contributed by atoms with E-state index in [1.807, 2.05) is 31.2 Å². The van der Waals surface area contributed by atoms with Crippen molar-refractivity contribution in [1.29, 1.82) is 0 Å². The molecule has 0 fully saturated rings. The monoisotopic (exact) mass is 409 g/mol. The summed E-state index contributed by atoms with van der Waals surface area (Å²) in [6, 6.07) is 13.7. The van der Waals surface area contributed by atoms with Crippen LogP contribution in [-0.4, -0.2) is 31.6 Å². The van der Waals surface area contributed by atoms with Crippen LogP contribution in [-0.2, 0) is 16.0 Å². The summed E-state index contributed by atoms with van der Waals surface area (Å²) in [6.07, 6.45) is -0.414. The molecule has 1 aromatic heterocycles. The van der Waals surface area contributed by atoms with Crippen LogP contribution >= 0.6 is 0 Å². The molecule has 1 N–H and O–H groups in total. The predicted octanol–water partition coefficient (Wildman–Crippen LogP) is 3.01. The minimum atomic E-state index is -1.03. The molecule has 0 aliphatic heterocycles. The summed E-state index contributed by atoms with van der Waals surface area (Å²) in [6.45, 7) is 3.70. The molecule has 0 saturated carbocycles.